The molecule has 124 valence electrons. The lowest BCUT2D eigenvalue weighted by Gasteiger charge is -2.10. The molecule has 0 radical (unpaired) electrons. The van der Waals surface area contributed by atoms with E-state index in [4.69, 9.17) is 0 Å². The molecule has 0 aliphatic carbocycles. The van der Waals surface area contributed by atoms with Gasteiger partial charge in [0.15, 0.2) is 9.84 Å². The molecule has 3 rings (SSSR count). The Kier molecular flexibility index (Phi) is 4.56. The summed E-state index contributed by atoms with van der Waals surface area (Å²) in [4.78, 5) is 15.0. The summed E-state index contributed by atoms with van der Waals surface area (Å²) in [6.07, 6.45) is 3.35. The highest BCUT2D eigenvalue weighted by molar-refractivity contribution is 7.91. The van der Waals surface area contributed by atoms with Crippen LogP contribution in [0.25, 0.3) is 10.9 Å². The van der Waals surface area contributed by atoms with Crippen molar-refractivity contribution in [3.05, 3.63) is 36.0 Å². The minimum Gasteiger partial charge on any atom is -0.361 e. The zero-order valence-corrected chi connectivity index (χ0v) is 13.7. The van der Waals surface area contributed by atoms with Crippen LogP contribution in [-0.2, 0) is 16.3 Å². The van der Waals surface area contributed by atoms with Crippen molar-refractivity contribution in [3.8, 4) is 0 Å². The number of hydrogen-bond acceptors (Lipinski definition) is 3. The molecule has 2 heterocycles. The number of amides is 2. The van der Waals surface area contributed by atoms with Gasteiger partial charge in [0.05, 0.1) is 11.5 Å². The van der Waals surface area contributed by atoms with Crippen LogP contribution in [0.15, 0.2) is 30.5 Å². The third-order valence-corrected chi connectivity index (χ3v) is 6.07. The predicted octanol–water partition coefficient (Wildman–Crippen LogP) is 1.44. The molecule has 0 saturated carbocycles. The summed E-state index contributed by atoms with van der Waals surface area (Å²) in [5.74, 6) is 0.462. The SMILES string of the molecule is O=C(NCCc1c[nH]c2ccccc12)NC[C@H]1CCS(=O)(=O)C1. The lowest BCUT2D eigenvalue weighted by Crippen LogP contribution is -2.39. The monoisotopic (exact) mass is 335 g/mol. The van der Waals surface area contributed by atoms with Crippen LogP contribution in [-0.4, -0.2) is 44.0 Å². The van der Waals surface area contributed by atoms with Crippen LogP contribution in [0.2, 0.25) is 0 Å². The normalized spacial score (nSPS) is 19.7. The van der Waals surface area contributed by atoms with Gasteiger partial charge < -0.3 is 15.6 Å². The number of nitrogens with one attached hydrogen (secondary N) is 3. The number of rotatable bonds is 5. The molecule has 0 unspecified atom stereocenters. The first-order chi connectivity index (χ1) is 11.0. The molecule has 1 aliphatic rings. The Morgan fingerprint density at radius 3 is 2.87 bits per heavy atom. The number of H-pyrrole nitrogens is 1. The molecule has 23 heavy (non-hydrogen) atoms. The Morgan fingerprint density at radius 1 is 1.26 bits per heavy atom. The van der Waals surface area contributed by atoms with E-state index in [0.29, 0.717) is 19.5 Å². The summed E-state index contributed by atoms with van der Waals surface area (Å²) >= 11 is 0. The third kappa shape index (κ3) is 4.04. The molecule has 1 aliphatic heterocycles. The van der Waals surface area contributed by atoms with E-state index in [9.17, 15) is 13.2 Å². The van der Waals surface area contributed by atoms with Gasteiger partial charge in [-0.05, 0) is 30.4 Å². The highest BCUT2D eigenvalue weighted by Crippen LogP contribution is 2.18. The number of hydrogen-bond donors (Lipinski definition) is 3. The maximum atomic E-state index is 11.8. The van der Waals surface area contributed by atoms with E-state index in [0.717, 1.165) is 11.9 Å². The molecule has 6 nitrogen and oxygen atoms in total. The lowest BCUT2D eigenvalue weighted by atomic mass is 10.1. The molecule has 2 aromatic rings. The van der Waals surface area contributed by atoms with Crippen LogP contribution in [0, 0.1) is 5.92 Å². The van der Waals surface area contributed by atoms with E-state index in [2.05, 4.69) is 21.7 Å². The number of benzene rings is 1. The lowest BCUT2D eigenvalue weighted by molar-refractivity contribution is 0.239. The number of aromatic amines is 1. The van der Waals surface area contributed by atoms with Gasteiger partial charge in [-0.2, -0.15) is 0 Å². The van der Waals surface area contributed by atoms with Gasteiger partial charge in [0.1, 0.15) is 0 Å². The topological polar surface area (TPSA) is 91.1 Å². The first-order valence-corrected chi connectivity index (χ1v) is 9.63. The standard InChI is InChI=1S/C16H21N3O3S/c20-16(19-9-12-6-8-23(21,22)11-12)17-7-5-13-10-18-15-4-2-1-3-14(13)15/h1-4,10,12,18H,5-9,11H2,(H2,17,19,20)/t12-/m1/s1. The van der Waals surface area contributed by atoms with Crippen LogP contribution < -0.4 is 10.6 Å². The van der Waals surface area contributed by atoms with Gasteiger partial charge in [-0.3, -0.25) is 0 Å². The second-order valence-electron chi connectivity index (χ2n) is 6.02. The first kappa shape index (κ1) is 15.9. The Morgan fingerprint density at radius 2 is 2.09 bits per heavy atom. The fraction of sp³-hybridized carbons (Fsp3) is 0.438. The fourth-order valence-corrected chi connectivity index (χ4v) is 4.84. The van der Waals surface area contributed by atoms with Crippen LogP contribution in [0.1, 0.15) is 12.0 Å². The van der Waals surface area contributed by atoms with Crippen LogP contribution in [0.4, 0.5) is 4.79 Å². The zero-order chi connectivity index (χ0) is 16.3. The van der Waals surface area contributed by atoms with Gasteiger partial charge in [-0.15, -0.1) is 0 Å². The van der Waals surface area contributed by atoms with Gasteiger partial charge in [0, 0.05) is 30.2 Å². The number of carbonyl (C=O) groups is 1. The van der Waals surface area contributed by atoms with Gasteiger partial charge in [0.25, 0.3) is 0 Å². The number of aromatic nitrogens is 1. The van der Waals surface area contributed by atoms with Crippen molar-refractivity contribution in [1.29, 1.82) is 0 Å². The van der Waals surface area contributed by atoms with Crippen molar-refractivity contribution in [3.63, 3.8) is 0 Å². The van der Waals surface area contributed by atoms with E-state index in [1.165, 1.54) is 10.9 Å². The van der Waals surface area contributed by atoms with Crippen LogP contribution in [0.3, 0.4) is 0 Å². The van der Waals surface area contributed by atoms with Crippen LogP contribution in [0.5, 0.6) is 0 Å². The molecule has 1 fully saturated rings. The van der Waals surface area contributed by atoms with Crippen molar-refractivity contribution < 1.29 is 13.2 Å². The summed E-state index contributed by atoms with van der Waals surface area (Å²) in [7, 11) is -2.89. The van der Waals surface area contributed by atoms with Crippen molar-refractivity contribution in [2.45, 2.75) is 12.8 Å². The molecule has 0 bridgehead atoms. The highest BCUT2D eigenvalue weighted by atomic mass is 32.2. The van der Waals surface area contributed by atoms with E-state index in [1.807, 2.05) is 24.4 Å². The molecule has 2 amide bonds. The molecule has 3 N–H and O–H groups in total. The predicted molar refractivity (Wildman–Crippen MR) is 90.2 cm³/mol. The number of carbonyl (C=O) groups excluding carboxylic acids is 1. The quantitative estimate of drug-likeness (QED) is 0.772. The minimum atomic E-state index is -2.89. The average molecular weight is 335 g/mol. The minimum absolute atomic E-state index is 0.0411. The van der Waals surface area contributed by atoms with Gasteiger partial charge in [-0.25, -0.2) is 13.2 Å². The largest absolute Gasteiger partial charge is 0.361 e. The number of para-hydroxylation sites is 1. The van der Waals surface area contributed by atoms with E-state index in [1.54, 1.807) is 0 Å². The summed E-state index contributed by atoms with van der Waals surface area (Å²) < 4.78 is 22.7. The molecule has 1 atom stereocenters. The fourth-order valence-electron chi connectivity index (χ4n) is 2.98. The maximum absolute atomic E-state index is 11.8. The molecule has 1 aromatic heterocycles. The molecule has 1 aromatic carbocycles. The Bertz CT molecular complexity index is 798. The summed E-state index contributed by atoms with van der Waals surface area (Å²) in [5, 5.41) is 6.75. The molecule has 0 spiro atoms. The highest BCUT2D eigenvalue weighted by Gasteiger charge is 2.27. The summed E-state index contributed by atoms with van der Waals surface area (Å²) in [6.45, 7) is 0.953. The molecular formula is C16H21N3O3S. The van der Waals surface area contributed by atoms with Crippen molar-refractivity contribution >= 4 is 26.8 Å². The Hall–Kier alpha value is -2.02. The summed E-state index contributed by atoms with van der Waals surface area (Å²) in [5.41, 5.74) is 2.26. The number of sulfone groups is 1. The molecule has 7 heteroatoms. The zero-order valence-electron chi connectivity index (χ0n) is 12.8. The van der Waals surface area contributed by atoms with Crippen LogP contribution >= 0.6 is 0 Å². The van der Waals surface area contributed by atoms with E-state index < -0.39 is 9.84 Å². The summed E-state index contributed by atoms with van der Waals surface area (Å²) in [6, 6.07) is 7.82. The van der Waals surface area contributed by atoms with Crippen molar-refractivity contribution in [2.75, 3.05) is 24.6 Å². The smallest absolute Gasteiger partial charge is 0.314 e. The first-order valence-electron chi connectivity index (χ1n) is 7.80. The van der Waals surface area contributed by atoms with E-state index in [-0.39, 0.29) is 23.5 Å². The Labute approximate surface area is 135 Å². The second-order valence-corrected chi connectivity index (χ2v) is 8.24. The van der Waals surface area contributed by atoms with Gasteiger partial charge in [-0.1, -0.05) is 18.2 Å². The average Bonchev–Trinajstić information content (AvgIpc) is 3.09. The van der Waals surface area contributed by atoms with Crippen molar-refractivity contribution in [2.24, 2.45) is 5.92 Å². The van der Waals surface area contributed by atoms with Gasteiger partial charge >= 0.3 is 6.03 Å². The Balaban J connectivity index is 1.41. The number of urea groups is 1. The third-order valence-electron chi connectivity index (χ3n) is 4.23. The molecule has 1 saturated heterocycles. The second kappa shape index (κ2) is 6.62. The number of fused-ring (bicyclic) bond motifs is 1. The van der Waals surface area contributed by atoms with E-state index >= 15 is 0 Å². The maximum Gasteiger partial charge on any atom is 0.314 e. The molecular weight excluding hydrogens is 314 g/mol. The van der Waals surface area contributed by atoms with Crippen molar-refractivity contribution in [1.82, 2.24) is 15.6 Å². The van der Waals surface area contributed by atoms with Gasteiger partial charge in [0.2, 0.25) is 0 Å².